The molecule has 0 radical (unpaired) electrons. The molecule has 0 atom stereocenters. The molecule has 0 aliphatic carbocycles. The van der Waals surface area contributed by atoms with E-state index in [1.165, 1.54) is 0 Å². The molecule has 1 saturated heterocycles. The highest BCUT2D eigenvalue weighted by molar-refractivity contribution is 9.10. The van der Waals surface area contributed by atoms with Gasteiger partial charge in [0.25, 0.3) is 11.1 Å². The molecule has 3 amide bonds. The molecule has 1 N–H and O–H groups in total. The van der Waals surface area contributed by atoms with Crippen molar-refractivity contribution in [3.63, 3.8) is 0 Å². The van der Waals surface area contributed by atoms with Crippen LogP contribution in [0.4, 0.5) is 10.5 Å². The smallest absolute Gasteiger partial charge is 0.294 e. The minimum Gasteiger partial charge on any atom is -0.494 e. The van der Waals surface area contributed by atoms with Crippen LogP contribution in [0.3, 0.4) is 0 Å². The van der Waals surface area contributed by atoms with Crippen molar-refractivity contribution >= 4 is 56.5 Å². The van der Waals surface area contributed by atoms with E-state index < -0.39 is 17.1 Å². The SMILES string of the molecule is CCOc1ccc(NC(=O)CN2C(=O)S/C(=C\c3cccn3-c3cccc(Br)c3)C2=O)cc1. The van der Waals surface area contributed by atoms with Crippen LogP contribution >= 0.6 is 27.7 Å². The van der Waals surface area contributed by atoms with E-state index >= 15 is 0 Å². The zero-order valence-corrected chi connectivity index (χ0v) is 20.1. The number of halogens is 1. The molecule has 0 bridgehead atoms. The first-order chi connectivity index (χ1) is 15.9. The first-order valence-corrected chi connectivity index (χ1v) is 11.8. The average Bonchev–Trinajstić information content (AvgIpc) is 3.35. The molecule has 1 aromatic heterocycles. The van der Waals surface area contributed by atoms with E-state index in [1.807, 2.05) is 54.1 Å². The van der Waals surface area contributed by atoms with Gasteiger partial charge in [-0.2, -0.15) is 0 Å². The molecule has 0 saturated carbocycles. The maximum absolute atomic E-state index is 12.9. The number of rotatable bonds is 7. The van der Waals surface area contributed by atoms with Gasteiger partial charge in [-0.3, -0.25) is 19.3 Å². The summed E-state index contributed by atoms with van der Waals surface area (Å²) in [5, 5.41) is 2.22. The lowest BCUT2D eigenvalue weighted by Gasteiger charge is -2.13. The second-order valence-corrected chi connectivity index (χ2v) is 8.97. The van der Waals surface area contributed by atoms with Crippen LogP contribution < -0.4 is 10.1 Å². The summed E-state index contributed by atoms with van der Waals surface area (Å²) in [5.41, 5.74) is 2.21. The van der Waals surface area contributed by atoms with Gasteiger partial charge in [0.15, 0.2) is 0 Å². The number of thioether (sulfide) groups is 1. The molecular formula is C24H20BrN3O4S. The highest BCUT2D eigenvalue weighted by atomic mass is 79.9. The number of anilines is 1. The number of aromatic nitrogens is 1. The Bertz CT molecular complexity index is 1240. The number of carbonyl (C=O) groups is 3. The summed E-state index contributed by atoms with van der Waals surface area (Å²) >= 11 is 4.28. The Hall–Kier alpha value is -3.30. The Morgan fingerprint density at radius 2 is 1.91 bits per heavy atom. The summed E-state index contributed by atoms with van der Waals surface area (Å²) in [6, 6.07) is 18.3. The van der Waals surface area contributed by atoms with Crippen LogP contribution in [0.1, 0.15) is 12.6 Å². The number of nitrogens with zero attached hydrogens (tertiary/aromatic N) is 2. The van der Waals surface area contributed by atoms with E-state index in [9.17, 15) is 14.4 Å². The van der Waals surface area contributed by atoms with Crippen molar-refractivity contribution in [2.45, 2.75) is 6.92 Å². The van der Waals surface area contributed by atoms with Crippen molar-refractivity contribution in [2.75, 3.05) is 18.5 Å². The van der Waals surface area contributed by atoms with Gasteiger partial charge in [-0.05, 0) is 79.4 Å². The molecule has 2 heterocycles. The van der Waals surface area contributed by atoms with Gasteiger partial charge < -0.3 is 14.6 Å². The molecule has 3 aromatic rings. The highest BCUT2D eigenvalue weighted by Crippen LogP contribution is 2.32. The minimum absolute atomic E-state index is 0.267. The fourth-order valence-electron chi connectivity index (χ4n) is 3.29. The number of hydrogen-bond acceptors (Lipinski definition) is 5. The Labute approximate surface area is 203 Å². The summed E-state index contributed by atoms with van der Waals surface area (Å²) in [5.74, 6) is -0.256. The molecule has 1 fully saturated rings. The summed E-state index contributed by atoms with van der Waals surface area (Å²) in [6.45, 7) is 2.08. The second kappa shape index (κ2) is 10.1. The number of amides is 3. The van der Waals surface area contributed by atoms with Crippen molar-refractivity contribution in [2.24, 2.45) is 0 Å². The Kier molecular flexibility index (Phi) is 7.00. The monoisotopic (exact) mass is 525 g/mol. The fraction of sp³-hybridized carbons (Fsp3) is 0.125. The molecule has 1 aliphatic rings. The zero-order chi connectivity index (χ0) is 23.4. The van der Waals surface area contributed by atoms with Crippen LogP contribution in [0.15, 0.2) is 76.2 Å². The maximum atomic E-state index is 12.9. The third-order valence-electron chi connectivity index (χ3n) is 4.77. The minimum atomic E-state index is -0.492. The van der Waals surface area contributed by atoms with Gasteiger partial charge >= 0.3 is 0 Å². The number of benzene rings is 2. The Balaban J connectivity index is 1.45. The highest BCUT2D eigenvalue weighted by Gasteiger charge is 2.36. The first kappa shape index (κ1) is 22.9. The van der Waals surface area contributed by atoms with E-state index in [2.05, 4.69) is 21.2 Å². The van der Waals surface area contributed by atoms with E-state index in [-0.39, 0.29) is 11.4 Å². The molecule has 168 valence electrons. The molecule has 9 heteroatoms. The standard InChI is InChI=1S/C24H20BrN3O4S/c1-2-32-20-10-8-17(9-11-20)26-22(29)15-28-23(30)21(33-24(28)31)14-19-7-4-12-27(19)18-6-3-5-16(25)13-18/h3-14H,2,15H2,1H3,(H,26,29)/b21-14-. The van der Waals surface area contributed by atoms with Gasteiger partial charge in [0.1, 0.15) is 12.3 Å². The molecule has 4 rings (SSSR count). The topological polar surface area (TPSA) is 80.6 Å². The lowest BCUT2D eigenvalue weighted by atomic mass is 10.3. The van der Waals surface area contributed by atoms with Crippen molar-refractivity contribution in [3.05, 3.63) is 81.9 Å². The van der Waals surface area contributed by atoms with Crippen LogP contribution in [-0.2, 0) is 9.59 Å². The fourth-order valence-corrected chi connectivity index (χ4v) is 4.50. The van der Waals surface area contributed by atoms with Crippen molar-refractivity contribution < 1.29 is 19.1 Å². The number of ether oxygens (including phenoxy) is 1. The van der Waals surface area contributed by atoms with Gasteiger partial charge in [-0.1, -0.05) is 22.0 Å². The number of hydrogen-bond donors (Lipinski definition) is 1. The predicted molar refractivity (Wildman–Crippen MR) is 132 cm³/mol. The van der Waals surface area contributed by atoms with Gasteiger partial charge in [-0.15, -0.1) is 0 Å². The van der Waals surface area contributed by atoms with Crippen LogP contribution in [-0.4, -0.2) is 39.7 Å². The summed E-state index contributed by atoms with van der Waals surface area (Å²) in [4.78, 5) is 39.0. The lowest BCUT2D eigenvalue weighted by molar-refractivity contribution is -0.127. The number of carbonyl (C=O) groups excluding carboxylic acids is 3. The van der Waals surface area contributed by atoms with E-state index in [0.29, 0.717) is 18.0 Å². The van der Waals surface area contributed by atoms with E-state index in [1.54, 1.807) is 30.3 Å². The average molecular weight is 526 g/mol. The van der Waals surface area contributed by atoms with Crippen LogP contribution in [0.25, 0.3) is 11.8 Å². The van der Waals surface area contributed by atoms with E-state index in [0.717, 1.165) is 32.5 Å². The normalized spacial score (nSPS) is 14.7. The molecule has 0 spiro atoms. The molecule has 1 aliphatic heterocycles. The van der Waals surface area contributed by atoms with Crippen LogP contribution in [0, 0.1) is 0 Å². The maximum Gasteiger partial charge on any atom is 0.294 e. The summed E-state index contributed by atoms with van der Waals surface area (Å²) in [6.07, 6.45) is 3.54. The third kappa shape index (κ3) is 5.37. The summed E-state index contributed by atoms with van der Waals surface area (Å²) < 4.78 is 8.22. The van der Waals surface area contributed by atoms with Crippen LogP contribution in [0.5, 0.6) is 5.75 Å². The summed E-state index contributed by atoms with van der Waals surface area (Å²) in [7, 11) is 0. The third-order valence-corrected chi connectivity index (χ3v) is 6.17. The van der Waals surface area contributed by atoms with Gasteiger partial charge in [0.05, 0.1) is 11.5 Å². The van der Waals surface area contributed by atoms with Crippen molar-refractivity contribution in [1.29, 1.82) is 0 Å². The lowest BCUT2D eigenvalue weighted by Crippen LogP contribution is -2.36. The van der Waals surface area contributed by atoms with Gasteiger partial charge in [-0.25, -0.2) is 0 Å². The largest absolute Gasteiger partial charge is 0.494 e. The second-order valence-electron chi connectivity index (χ2n) is 7.06. The van der Waals surface area contributed by atoms with Crippen molar-refractivity contribution in [1.82, 2.24) is 9.47 Å². The number of nitrogens with one attached hydrogen (secondary N) is 1. The zero-order valence-electron chi connectivity index (χ0n) is 17.7. The molecular weight excluding hydrogens is 506 g/mol. The molecule has 2 aromatic carbocycles. The van der Waals surface area contributed by atoms with Gasteiger partial charge in [0.2, 0.25) is 5.91 Å². The molecule has 33 heavy (non-hydrogen) atoms. The molecule has 7 nitrogen and oxygen atoms in total. The molecule has 0 unspecified atom stereocenters. The number of imide groups is 1. The van der Waals surface area contributed by atoms with Gasteiger partial charge in [0, 0.05) is 27.7 Å². The van der Waals surface area contributed by atoms with Crippen molar-refractivity contribution in [3.8, 4) is 11.4 Å². The van der Waals surface area contributed by atoms with E-state index in [4.69, 9.17) is 4.74 Å². The Morgan fingerprint density at radius 3 is 2.64 bits per heavy atom. The van der Waals surface area contributed by atoms with Crippen LogP contribution in [0.2, 0.25) is 0 Å². The Morgan fingerprint density at radius 1 is 1.12 bits per heavy atom. The predicted octanol–water partition coefficient (Wildman–Crippen LogP) is 5.31. The quantitative estimate of drug-likeness (QED) is 0.422. The first-order valence-electron chi connectivity index (χ1n) is 10.2.